The van der Waals surface area contributed by atoms with Crippen molar-refractivity contribution < 1.29 is 0 Å². The summed E-state index contributed by atoms with van der Waals surface area (Å²) >= 11 is 7.74. The lowest BCUT2D eigenvalue weighted by molar-refractivity contribution is 0.680. The minimum atomic E-state index is 0.740. The molecular weight excluding hydrogens is 286 g/mol. The molecule has 20 heavy (non-hydrogen) atoms. The summed E-state index contributed by atoms with van der Waals surface area (Å²) in [7, 11) is 0. The van der Waals surface area contributed by atoms with E-state index in [1.165, 1.54) is 33.8 Å². The van der Waals surface area contributed by atoms with E-state index in [9.17, 15) is 0 Å². The molecule has 3 heteroatoms. The molecule has 0 radical (unpaired) electrons. The number of nitrogens with one attached hydrogen (secondary N) is 1. The van der Waals surface area contributed by atoms with Crippen molar-refractivity contribution in [2.45, 2.75) is 42.1 Å². The highest BCUT2D eigenvalue weighted by molar-refractivity contribution is 7.99. The molecule has 2 aromatic carbocycles. The molecular formula is C17H18ClNS. The summed E-state index contributed by atoms with van der Waals surface area (Å²) in [5.74, 6) is 0. The van der Waals surface area contributed by atoms with E-state index >= 15 is 0 Å². The van der Waals surface area contributed by atoms with Crippen molar-refractivity contribution in [3.8, 4) is 0 Å². The monoisotopic (exact) mass is 303 g/mol. The first-order valence-corrected chi connectivity index (χ1v) is 8.16. The summed E-state index contributed by atoms with van der Waals surface area (Å²) in [5, 5.41) is 4.39. The Morgan fingerprint density at radius 1 is 1.15 bits per heavy atom. The second kappa shape index (κ2) is 6.21. The molecule has 0 unspecified atom stereocenters. The van der Waals surface area contributed by atoms with E-state index in [4.69, 9.17) is 11.6 Å². The molecule has 1 nitrogen and oxygen atoms in total. The second-order valence-electron chi connectivity index (χ2n) is 5.32. The Morgan fingerprint density at radius 2 is 1.90 bits per heavy atom. The summed E-state index contributed by atoms with van der Waals surface area (Å²) in [6, 6.07) is 15.5. The Morgan fingerprint density at radius 3 is 2.60 bits per heavy atom. The van der Waals surface area contributed by atoms with Gasteiger partial charge in [0.25, 0.3) is 0 Å². The fourth-order valence-electron chi connectivity index (χ4n) is 2.12. The first-order chi connectivity index (χ1) is 9.70. The first kappa shape index (κ1) is 14.0. The van der Waals surface area contributed by atoms with Crippen molar-refractivity contribution in [2.24, 2.45) is 0 Å². The largest absolute Gasteiger partial charge is 0.310 e. The lowest BCUT2D eigenvalue weighted by atomic mass is 10.1. The van der Waals surface area contributed by atoms with E-state index in [2.05, 4.69) is 42.6 Å². The van der Waals surface area contributed by atoms with Gasteiger partial charge in [0.05, 0.1) is 0 Å². The highest BCUT2D eigenvalue weighted by atomic mass is 35.5. The van der Waals surface area contributed by atoms with Crippen LogP contribution in [0.15, 0.2) is 52.3 Å². The number of rotatable bonds is 5. The lowest BCUT2D eigenvalue weighted by Gasteiger charge is -2.11. The maximum absolute atomic E-state index is 5.94. The third-order valence-electron chi connectivity index (χ3n) is 3.42. The molecule has 0 aliphatic heterocycles. The molecule has 1 N–H and O–H groups in total. The van der Waals surface area contributed by atoms with Gasteiger partial charge in [-0.1, -0.05) is 41.1 Å². The van der Waals surface area contributed by atoms with Crippen molar-refractivity contribution >= 4 is 23.4 Å². The zero-order chi connectivity index (χ0) is 13.9. The van der Waals surface area contributed by atoms with E-state index in [1.54, 1.807) is 11.8 Å². The van der Waals surface area contributed by atoms with Gasteiger partial charge in [0.2, 0.25) is 0 Å². The number of hydrogen-bond acceptors (Lipinski definition) is 2. The highest BCUT2D eigenvalue weighted by Crippen LogP contribution is 2.32. The van der Waals surface area contributed by atoms with Crippen LogP contribution < -0.4 is 5.32 Å². The van der Waals surface area contributed by atoms with Gasteiger partial charge in [-0.3, -0.25) is 0 Å². The molecule has 0 bridgehead atoms. The number of halogens is 1. The van der Waals surface area contributed by atoms with Gasteiger partial charge in [0, 0.05) is 27.4 Å². The zero-order valence-corrected chi connectivity index (χ0v) is 13.1. The predicted octanol–water partition coefficient (Wildman–Crippen LogP) is 5.05. The van der Waals surface area contributed by atoms with Crippen molar-refractivity contribution in [1.29, 1.82) is 0 Å². The lowest BCUT2D eigenvalue weighted by Crippen LogP contribution is -2.15. The molecule has 2 aromatic rings. The standard InChI is InChI=1S/C17H18ClNS/c1-12-2-9-17(13(10-12)11-19-15-5-6-15)20-16-7-3-14(18)4-8-16/h2-4,7-10,15,19H,5-6,11H2,1H3. The van der Waals surface area contributed by atoms with Gasteiger partial charge in [-0.25, -0.2) is 0 Å². The van der Waals surface area contributed by atoms with E-state index in [1.807, 2.05) is 12.1 Å². The minimum absolute atomic E-state index is 0.740. The van der Waals surface area contributed by atoms with Gasteiger partial charge in [0.1, 0.15) is 0 Å². The van der Waals surface area contributed by atoms with Crippen LogP contribution in [-0.4, -0.2) is 6.04 Å². The number of benzene rings is 2. The van der Waals surface area contributed by atoms with Crippen molar-refractivity contribution in [3.63, 3.8) is 0 Å². The maximum Gasteiger partial charge on any atom is 0.0406 e. The number of aryl methyl sites for hydroxylation is 1. The van der Waals surface area contributed by atoms with Crippen LogP contribution in [0.25, 0.3) is 0 Å². The molecule has 1 fully saturated rings. The third-order valence-corrected chi connectivity index (χ3v) is 4.79. The molecule has 1 aliphatic carbocycles. The molecule has 1 saturated carbocycles. The average Bonchev–Trinajstić information content (AvgIpc) is 3.25. The molecule has 0 atom stereocenters. The first-order valence-electron chi connectivity index (χ1n) is 6.97. The Labute approximate surface area is 129 Å². The summed E-state index contributed by atoms with van der Waals surface area (Å²) in [5.41, 5.74) is 2.70. The van der Waals surface area contributed by atoms with Gasteiger partial charge in [-0.2, -0.15) is 0 Å². The molecule has 0 saturated heterocycles. The van der Waals surface area contributed by atoms with Crippen molar-refractivity contribution in [2.75, 3.05) is 0 Å². The predicted molar refractivity (Wildman–Crippen MR) is 86.6 cm³/mol. The molecule has 0 aromatic heterocycles. The average molecular weight is 304 g/mol. The fourth-order valence-corrected chi connectivity index (χ4v) is 3.17. The Hall–Kier alpha value is -0.960. The van der Waals surface area contributed by atoms with E-state index in [0.29, 0.717) is 0 Å². The summed E-state index contributed by atoms with van der Waals surface area (Å²) in [6.45, 7) is 3.11. The molecule has 104 valence electrons. The smallest absolute Gasteiger partial charge is 0.0406 e. The maximum atomic E-state index is 5.94. The molecule has 1 aliphatic rings. The van der Waals surface area contributed by atoms with Crippen LogP contribution >= 0.6 is 23.4 Å². The van der Waals surface area contributed by atoms with Crippen molar-refractivity contribution in [1.82, 2.24) is 5.32 Å². The Bertz CT molecular complexity index is 590. The molecule has 0 amide bonds. The molecule has 0 spiro atoms. The SMILES string of the molecule is Cc1ccc(Sc2ccc(Cl)cc2)c(CNC2CC2)c1. The van der Waals surface area contributed by atoms with Crippen LogP contribution in [0.3, 0.4) is 0 Å². The van der Waals surface area contributed by atoms with Crippen molar-refractivity contribution in [3.05, 3.63) is 58.6 Å². The topological polar surface area (TPSA) is 12.0 Å². The van der Waals surface area contributed by atoms with Gasteiger partial charge < -0.3 is 5.32 Å². The van der Waals surface area contributed by atoms with Gasteiger partial charge in [-0.05, 0) is 55.7 Å². The van der Waals surface area contributed by atoms with Gasteiger partial charge in [0.15, 0.2) is 0 Å². The second-order valence-corrected chi connectivity index (χ2v) is 6.87. The highest BCUT2D eigenvalue weighted by Gasteiger charge is 2.20. The van der Waals surface area contributed by atoms with Gasteiger partial charge >= 0.3 is 0 Å². The van der Waals surface area contributed by atoms with E-state index in [0.717, 1.165) is 17.6 Å². The Kier molecular flexibility index (Phi) is 4.35. The Balaban J connectivity index is 1.77. The van der Waals surface area contributed by atoms with Crippen LogP contribution in [0.1, 0.15) is 24.0 Å². The zero-order valence-electron chi connectivity index (χ0n) is 11.5. The normalized spacial score (nSPS) is 14.5. The van der Waals surface area contributed by atoms with Crippen LogP contribution in [0, 0.1) is 6.92 Å². The quantitative estimate of drug-likeness (QED) is 0.829. The molecule has 3 rings (SSSR count). The van der Waals surface area contributed by atoms with Crippen LogP contribution in [0.2, 0.25) is 5.02 Å². The van der Waals surface area contributed by atoms with Crippen LogP contribution in [0.5, 0.6) is 0 Å². The summed E-state index contributed by atoms with van der Waals surface area (Å²) in [6.07, 6.45) is 2.65. The van der Waals surface area contributed by atoms with E-state index < -0.39 is 0 Å². The van der Waals surface area contributed by atoms with E-state index in [-0.39, 0.29) is 0 Å². The molecule has 0 heterocycles. The van der Waals surface area contributed by atoms with Crippen LogP contribution in [0.4, 0.5) is 0 Å². The summed E-state index contributed by atoms with van der Waals surface area (Å²) < 4.78 is 0. The fraction of sp³-hybridized carbons (Fsp3) is 0.294. The summed E-state index contributed by atoms with van der Waals surface area (Å²) in [4.78, 5) is 2.55. The third kappa shape index (κ3) is 3.78. The van der Waals surface area contributed by atoms with Gasteiger partial charge in [-0.15, -0.1) is 0 Å². The van der Waals surface area contributed by atoms with Crippen LogP contribution in [-0.2, 0) is 6.54 Å². The minimum Gasteiger partial charge on any atom is -0.310 e. The number of hydrogen-bond donors (Lipinski definition) is 1.